The van der Waals surface area contributed by atoms with Crippen molar-refractivity contribution in [3.63, 3.8) is 0 Å². The highest BCUT2D eigenvalue weighted by Gasteiger charge is 2.15. The Labute approximate surface area is 163 Å². The van der Waals surface area contributed by atoms with Gasteiger partial charge in [0.05, 0.1) is 16.7 Å². The molecule has 0 aliphatic carbocycles. The number of amides is 1. The molecule has 3 aromatic carbocycles. The average Bonchev–Trinajstić information content (AvgIpc) is 3.08. The summed E-state index contributed by atoms with van der Waals surface area (Å²) < 4.78 is 2.09. The van der Waals surface area contributed by atoms with Crippen LogP contribution in [-0.4, -0.2) is 20.6 Å². The summed E-state index contributed by atoms with van der Waals surface area (Å²) in [4.78, 5) is 17.2. The summed E-state index contributed by atoms with van der Waals surface area (Å²) >= 11 is 0. The standard InChI is InChI=1S/C23H21N3O2/c1-16-8-7-13-20(27)23(16)25-22(28)15-14-21-24-18-11-5-6-12-19(18)26(21)17-9-3-2-4-10-17/h2-13,27H,14-15H2,1H3,(H,25,28). The molecule has 2 N–H and O–H groups in total. The van der Waals surface area contributed by atoms with Crippen molar-refractivity contribution in [1.29, 1.82) is 0 Å². The molecule has 0 radical (unpaired) electrons. The summed E-state index contributed by atoms with van der Waals surface area (Å²) in [6, 6.07) is 23.1. The summed E-state index contributed by atoms with van der Waals surface area (Å²) in [7, 11) is 0. The SMILES string of the molecule is Cc1cccc(O)c1NC(=O)CCc1nc2ccccc2n1-c1ccccc1. The van der Waals surface area contributed by atoms with Crippen LogP contribution in [0.15, 0.2) is 72.8 Å². The first-order valence-electron chi connectivity index (χ1n) is 9.23. The smallest absolute Gasteiger partial charge is 0.224 e. The molecule has 0 fully saturated rings. The molecule has 1 aromatic heterocycles. The summed E-state index contributed by atoms with van der Waals surface area (Å²) in [6.07, 6.45) is 0.756. The van der Waals surface area contributed by atoms with E-state index in [9.17, 15) is 9.90 Å². The number of imidazole rings is 1. The Morgan fingerprint density at radius 2 is 1.75 bits per heavy atom. The normalized spacial score (nSPS) is 10.9. The van der Waals surface area contributed by atoms with Crippen molar-refractivity contribution in [2.45, 2.75) is 19.8 Å². The van der Waals surface area contributed by atoms with Gasteiger partial charge >= 0.3 is 0 Å². The summed E-state index contributed by atoms with van der Waals surface area (Å²) in [5.74, 6) is 0.748. The molecule has 5 heteroatoms. The van der Waals surface area contributed by atoms with Crippen LogP contribution in [0.2, 0.25) is 0 Å². The first-order valence-corrected chi connectivity index (χ1v) is 9.23. The number of aryl methyl sites for hydroxylation is 2. The number of nitrogens with one attached hydrogen (secondary N) is 1. The van der Waals surface area contributed by atoms with Crippen molar-refractivity contribution < 1.29 is 9.90 Å². The minimum atomic E-state index is -0.156. The number of carbonyl (C=O) groups excluding carboxylic acids is 1. The van der Waals surface area contributed by atoms with Gasteiger partial charge in [-0.1, -0.05) is 42.5 Å². The lowest BCUT2D eigenvalue weighted by Gasteiger charge is -2.11. The molecule has 4 rings (SSSR count). The maximum Gasteiger partial charge on any atom is 0.224 e. The number of hydrogen-bond acceptors (Lipinski definition) is 3. The Bertz CT molecular complexity index is 1110. The molecule has 0 spiro atoms. The third-order valence-corrected chi connectivity index (χ3v) is 4.74. The molecule has 0 atom stereocenters. The zero-order valence-electron chi connectivity index (χ0n) is 15.6. The van der Waals surface area contributed by atoms with E-state index in [1.807, 2.05) is 67.6 Å². The van der Waals surface area contributed by atoms with Gasteiger partial charge in [-0.3, -0.25) is 9.36 Å². The van der Waals surface area contributed by atoms with Gasteiger partial charge in [0.15, 0.2) is 0 Å². The number of aromatic nitrogens is 2. The first-order chi connectivity index (χ1) is 13.6. The number of fused-ring (bicyclic) bond motifs is 1. The molecule has 28 heavy (non-hydrogen) atoms. The molecule has 5 nitrogen and oxygen atoms in total. The highest BCUT2D eigenvalue weighted by Crippen LogP contribution is 2.27. The third-order valence-electron chi connectivity index (χ3n) is 4.74. The number of phenols is 1. The predicted molar refractivity (Wildman–Crippen MR) is 111 cm³/mol. The fourth-order valence-electron chi connectivity index (χ4n) is 3.35. The molecule has 0 aliphatic rings. The second-order valence-corrected chi connectivity index (χ2v) is 6.70. The largest absolute Gasteiger partial charge is 0.506 e. The number of phenolic OH excluding ortho intramolecular Hbond substituents is 1. The number of hydrogen-bond donors (Lipinski definition) is 2. The second-order valence-electron chi connectivity index (χ2n) is 6.70. The maximum atomic E-state index is 12.5. The molecule has 1 amide bonds. The van der Waals surface area contributed by atoms with Gasteiger partial charge in [0.2, 0.25) is 5.91 Å². The summed E-state index contributed by atoms with van der Waals surface area (Å²) in [5.41, 5.74) is 4.22. The number of rotatable bonds is 5. The van der Waals surface area contributed by atoms with Crippen molar-refractivity contribution in [2.75, 3.05) is 5.32 Å². The predicted octanol–water partition coefficient (Wildman–Crippen LogP) is 4.61. The zero-order chi connectivity index (χ0) is 19.5. The number of aromatic hydroxyl groups is 1. The maximum absolute atomic E-state index is 12.5. The molecule has 1 heterocycles. The van der Waals surface area contributed by atoms with E-state index in [-0.39, 0.29) is 18.1 Å². The minimum absolute atomic E-state index is 0.0740. The van der Waals surface area contributed by atoms with E-state index in [0.717, 1.165) is 28.1 Å². The van der Waals surface area contributed by atoms with E-state index in [2.05, 4.69) is 9.88 Å². The number of nitrogens with zero attached hydrogens (tertiary/aromatic N) is 2. The topological polar surface area (TPSA) is 67.2 Å². The first kappa shape index (κ1) is 17.8. The van der Waals surface area contributed by atoms with Crippen molar-refractivity contribution in [3.8, 4) is 11.4 Å². The zero-order valence-corrected chi connectivity index (χ0v) is 15.6. The highest BCUT2D eigenvalue weighted by atomic mass is 16.3. The van der Waals surface area contributed by atoms with Crippen LogP contribution in [0.1, 0.15) is 17.8 Å². The Morgan fingerprint density at radius 3 is 2.54 bits per heavy atom. The second kappa shape index (κ2) is 7.56. The van der Waals surface area contributed by atoms with Crippen molar-refractivity contribution in [1.82, 2.24) is 9.55 Å². The van der Waals surface area contributed by atoms with Gasteiger partial charge in [-0.25, -0.2) is 4.98 Å². The summed E-state index contributed by atoms with van der Waals surface area (Å²) in [5, 5.41) is 12.8. The van der Waals surface area contributed by atoms with Crippen molar-refractivity contribution in [2.24, 2.45) is 0 Å². The lowest BCUT2D eigenvalue weighted by molar-refractivity contribution is -0.116. The quantitative estimate of drug-likeness (QED) is 0.504. The number of benzene rings is 3. The number of carbonyl (C=O) groups is 1. The molecule has 0 aliphatic heterocycles. The molecule has 0 unspecified atom stereocenters. The Morgan fingerprint density at radius 1 is 1.00 bits per heavy atom. The molecular weight excluding hydrogens is 350 g/mol. The van der Waals surface area contributed by atoms with Gasteiger partial charge in [0, 0.05) is 18.5 Å². The van der Waals surface area contributed by atoms with E-state index >= 15 is 0 Å². The summed E-state index contributed by atoms with van der Waals surface area (Å²) in [6.45, 7) is 1.85. The Balaban J connectivity index is 1.59. The number of para-hydroxylation sites is 4. The van der Waals surface area contributed by atoms with Crippen LogP contribution in [0.25, 0.3) is 16.7 Å². The fourth-order valence-corrected chi connectivity index (χ4v) is 3.35. The minimum Gasteiger partial charge on any atom is -0.506 e. The van der Waals surface area contributed by atoms with E-state index in [4.69, 9.17) is 4.98 Å². The van der Waals surface area contributed by atoms with Crippen LogP contribution in [0.5, 0.6) is 5.75 Å². The van der Waals surface area contributed by atoms with E-state index in [1.165, 1.54) is 0 Å². The van der Waals surface area contributed by atoms with E-state index in [1.54, 1.807) is 12.1 Å². The lowest BCUT2D eigenvalue weighted by Crippen LogP contribution is -2.14. The van der Waals surface area contributed by atoms with Crippen LogP contribution >= 0.6 is 0 Å². The Kier molecular flexibility index (Phi) is 4.81. The van der Waals surface area contributed by atoms with Gasteiger partial charge in [0.1, 0.15) is 11.6 Å². The highest BCUT2D eigenvalue weighted by molar-refractivity contribution is 5.93. The van der Waals surface area contributed by atoms with Gasteiger partial charge in [-0.2, -0.15) is 0 Å². The molecular formula is C23H21N3O2. The third kappa shape index (κ3) is 3.47. The Hall–Kier alpha value is -3.60. The average molecular weight is 371 g/mol. The molecule has 140 valence electrons. The monoisotopic (exact) mass is 371 g/mol. The van der Waals surface area contributed by atoms with Gasteiger partial charge in [0.25, 0.3) is 0 Å². The molecule has 0 saturated carbocycles. The van der Waals surface area contributed by atoms with Gasteiger partial charge in [-0.15, -0.1) is 0 Å². The van der Waals surface area contributed by atoms with Crippen LogP contribution in [0.4, 0.5) is 5.69 Å². The van der Waals surface area contributed by atoms with Gasteiger partial charge < -0.3 is 10.4 Å². The van der Waals surface area contributed by atoms with Crippen LogP contribution in [0.3, 0.4) is 0 Å². The van der Waals surface area contributed by atoms with E-state index < -0.39 is 0 Å². The molecule has 0 saturated heterocycles. The molecule has 4 aromatic rings. The van der Waals surface area contributed by atoms with E-state index in [0.29, 0.717) is 12.1 Å². The van der Waals surface area contributed by atoms with Crippen LogP contribution < -0.4 is 5.32 Å². The lowest BCUT2D eigenvalue weighted by atomic mass is 10.1. The van der Waals surface area contributed by atoms with Crippen molar-refractivity contribution >= 4 is 22.6 Å². The van der Waals surface area contributed by atoms with Crippen LogP contribution in [-0.2, 0) is 11.2 Å². The van der Waals surface area contributed by atoms with Crippen molar-refractivity contribution in [3.05, 3.63) is 84.2 Å². The van der Waals surface area contributed by atoms with Gasteiger partial charge in [-0.05, 0) is 42.8 Å². The number of anilines is 1. The molecule has 0 bridgehead atoms. The fraction of sp³-hybridized carbons (Fsp3) is 0.130. The van der Waals surface area contributed by atoms with Crippen LogP contribution in [0, 0.1) is 6.92 Å².